The Morgan fingerprint density at radius 3 is 2.75 bits per heavy atom. The number of halogens is 1. The van der Waals surface area contributed by atoms with Crippen LogP contribution >= 0.6 is 0 Å². The molecule has 128 valence electrons. The summed E-state index contributed by atoms with van der Waals surface area (Å²) in [6.07, 6.45) is 3.26. The number of nitrogens with zero attached hydrogens (tertiary/aromatic N) is 2. The minimum Gasteiger partial charge on any atom is -0.369 e. The Morgan fingerprint density at radius 1 is 1.25 bits per heavy atom. The fourth-order valence-corrected chi connectivity index (χ4v) is 3.25. The molecule has 0 bridgehead atoms. The molecule has 0 spiro atoms. The van der Waals surface area contributed by atoms with Crippen LogP contribution in [0.25, 0.3) is 11.4 Å². The molecule has 1 aromatic heterocycles. The first-order valence-electron chi connectivity index (χ1n) is 8.75. The van der Waals surface area contributed by atoms with Crippen molar-refractivity contribution in [2.24, 2.45) is 5.92 Å². The molecule has 4 nitrogen and oxygen atoms in total. The number of benzene rings is 1. The lowest BCUT2D eigenvalue weighted by Crippen LogP contribution is -2.31. The van der Waals surface area contributed by atoms with Gasteiger partial charge in [-0.2, -0.15) is 0 Å². The molecule has 0 unspecified atom stereocenters. The summed E-state index contributed by atoms with van der Waals surface area (Å²) in [7, 11) is 0. The number of piperidine rings is 1. The van der Waals surface area contributed by atoms with Crippen LogP contribution < -0.4 is 10.6 Å². The van der Waals surface area contributed by atoms with Gasteiger partial charge < -0.3 is 10.6 Å². The van der Waals surface area contributed by atoms with Gasteiger partial charge in [-0.3, -0.25) is 0 Å². The maximum absolute atomic E-state index is 13.5. The largest absolute Gasteiger partial charge is 0.369 e. The summed E-state index contributed by atoms with van der Waals surface area (Å²) in [5.41, 5.74) is 2.81. The van der Waals surface area contributed by atoms with Crippen molar-refractivity contribution in [2.75, 3.05) is 25.0 Å². The lowest BCUT2D eigenvalue weighted by atomic mass is 9.98. The molecule has 1 aliphatic heterocycles. The van der Waals surface area contributed by atoms with Crippen LogP contribution in [0.1, 0.15) is 31.0 Å². The molecule has 1 saturated heterocycles. The number of nitrogens with one attached hydrogen (secondary N) is 2. The van der Waals surface area contributed by atoms with Gasteiger partial charge in [-0.15, -0.1) is 0 Å². The van der Waals surface area contributed by atoms with E-state index in [-0.39, 0.29) is 5.82 Å². The van der Waals surface area contributed by atoms with E-state index < -0.39 is 0 Å². The Labute approximate surface area is 142 Å². The van der Waals surface area contributed by atoms with Gasteiger partial charge in [0.05, 0.1) is 0 Å². The van der Waals surface area contributed by atoms with E-state index in [1.807, 2.05) is 13.0 Å². The number of hydrogen-bond donors (Lipinski definition) is 2. The maximum Gasteiger partial charge on any atom is 0.161 e. The highest BCUT2D eigenvalue weighted by Gasteiger charge is 2.16. The summed E-state index contributed by atoms with van der Waals surface area (Å²) in [4.78, 5) is 9.28. The maximum atomic E-state index is 13.5. The second kappa shape index (κ2) is 7.71. The first-order valence-corrected chi connectivity index (χ1v) is 8.75. The van der Waals surface area contributed by atoms with E-state index in [0.717, 1.165) is 43.1 Å². The van der Waals surface area contributed by atoms with Gasteiger partial charge in [0, 0.05) is 23.4 Å². The molecule has 5 heteroatoms. The molecule has 2 heterocycles. The summed E-state index contributed by atoms with van der Waals surface area (Å²) in [6.45, 7) is 7.21. The average molecular weight is 328 g/mol. The zero-order chi connectivity index (χ0) is 16.9. The number of aromatic nitrogens is 2. The predicted molar refractivity (Wildman–Crippen MR) is 95.6 cm³/mol. The average Bonchev–Trinajstić information content (AvgIpc) is 2.60. The molecule has 1 aromatic carbocycles. The van der Waals surface area contributed by atoms with Crippen LogP contribution in [-0.2, 0) is 6.42 Å². The number of hydrogen-bond acceptors (Lipinski definition) is 4. The van der Waals surface area contributed by atoms with Crippen molar-refractivity contribution in [2.45, 2.75) is 33.1 Å². The Hall–Kier alpha value is -2.01. The quantitative estimate of drug-likeness (QED) is 0.881. The second-order valence-electron chi connectivity index (χ2n) is 6.40. The first-order chi connectivity index (χ1) is 11.7. The smallest absolute Gasteiger partial charge is 0.161 e. The molecule has 1 fully saturated rings. The minimum absolute atomic E-state index is 0.266. The van der Waals surface area contributed by atoms with Gasteiger partial charge in [0.1, 0.15) is 11.6 Å². The van der Waals surface area contributed by atoms with E-state index >= 15 is 0 Å². The van der Waals surface area contributed by atoms with Gasteiger partial charge in [-0.1, -0.05) is 19.1 Å². The minimum atomic E-state index is -0.266. The third-order valence-electron chi connectivity index (χ3n) is 4.67. The summed E-state index contributed by atoms with van der Waals surface area (Å²) in [6, 6.07) is 6.46. The molecule has 2 aromatic rings. The van der Waals surface area contributed by atoms with Gasteiger partial charge >= 0.3 is 0 Å². The predicted octanol–water partition coefficient (Wildman–Crippen LogP) is 3.57. The number of aryl methyl sites for hydroxylation is 1. The monoisotopic (exact) mass is 328 g/mol. The van der Waals surface area contributed by atoms with Crippen molar-refractivity contribution in [3.63, 3.8) is 0 Å². The van der Waals surface area contributed by atoms with Crippen LogP contribution in [0, 0.1) is 18.7 Å². The van der Waals surface area contributed by atoms with Gasteiger partial charge in [0.25, 0.3) is 0 Å². The Morgan fingerprint density at radius 2 is 2.04 bits per heavy atom. The molecule has 0 atom stereocenters. The molecular weight excluding hydrogens is 303 g/mol. The Kier molecular flexibility index (Phi) is 5.41. The second-order valence-corrected chi connectivity index (χ2v) is 6.40. The molecule has 24 heavy (non-hydrogen) atoms. The van der Waals surface area contributed by atoms with E-state index in [0.29, 0.717) is 17.3 Å². The highest BCUT2D eigenvalue weighted by Crippen LogP contribution is 2.24. The van der Waals surface area contributed by atoms with Gasteiger partial charge in [-0.25, -0.2) is 14.4 Å². The summed E-state index contributed by atoms with van der Waals surface area (Å²) < 4.78 is 13.5. The van der Waals surface area contributed by atoms with Crippen LogP contribution in [0.5, 0.6) is 0 Å². The topological polar surface area (TPSA) is 49.8 Å². The van der Waals surface area contributed by atoms with Gasteiger partial charge in [0.15, 0.2) is 5.82 Å². The van der Waals surface area contributed by atoms with E-state index in [9.17, 15) is 4.39 Å². The summed E-state index contributed by atoms with van der Waals surface area (Å²) in [5.74, 6) is 1.88. The highest BCUT2D eigenvalue weighted by atomic mass is 19.1. The van der Waals surface area contributed by atoms with Crippen molar-refractivity contribution in [1.82, 2.24) is 15.3 Å². The third-order valence-corrected chi connectivity index (χ3v) is 4.67. The zero-order valence-electron chi connectivity index (χ0n) is 14.4. The normalized spacial score (nSPS) is 15.5. The van der Waals surface area contributed by atoms with Crippen molar-refractivity contribution < 1.29 is 4.39 Å². The number of rotatable bonds is 5. The van der Waals surface area contributed by atoms with Gasteiger partial charge in [0.2, 0.25) is 0 Å². The Balaban J connectivity index is 1.85. The molecule has 0 amide bonds. The van der Waals surface area contributed by atoms with Crippen LogP contribution in [0.3, 0.4) is 0 Å². The molecule has 1 aliphatic rings. The molecule has 2 N–H and O–H groups in total. The SMILES string of the molecule is CCc1c(C)nc(-c2cccc(F)c2)nc1NCC1CCNCC1. The van der Waals surface area contributed by atoms with Crippen molar-refractivity contribution >= 4 is 5.82 Å². The van der Waals surface area contributed by atoms with Crippen LogP contribution in [-0.4, -0.2) is 29.6 Å². The van der Waals surface area contributed by atoms with E-state index in [1.165, 1.54) is 25.0 Å². The first kappa shape index (κ1) is 16.8. The molecule has 0 saturated carbocycles. The van der Waals surface area contributed by atoms with Crippen LogP contribution in [0.4, 0.5) is 10.2 Å². The molecular formula is C19H25FN4. The number of anilines is 1. The lowest BCUT2D eigenvalue weighted by molar-refractivity contribution is 0.389. The Bertz CT molecular complexity index is 696. The molecule has 0 radical (unpaired) electrons. The fraction of sp³-hybridized carbons (Fsp3) is 0.474. The van der Waals surface area contributed by atoms with Crippen LogP contribution in [0.2, 0.25) is 0 Å². The summed E-state index contributed by atoms with van der Waals surface area (Å²) in [5, 5.41) is 6.92. The van der Waals surface area contributed by atoms with Crippen molar-refractivity contribution in [3.8, 4) is 11.4 Å². The van der Waals surface area contributed by atoms with E-state index in [4.69, 9.17) is 4.98 Å². The van der Waals surface area contributed by atoms with Crippen LogP contribution in [0.15, 0.2) is 24.3 Å². The standard InChI is InChI=1S/C19H25FN4/c1-3-17-13(2)23-18(15-5-4-6-16(20)11-15)24-19(17)22-12-14-7-9-21-10-8-14/h4-6,11,14,21H,3,7-10,12H2,1-2H3,(H,22,23,24). The lowest BCUT2D eigenvalue weighted by Gasteiger charge is -2.24. The zero-order valence-corrected chi connectivity index (χ0v) is 14.4. The summed E-state index contributed by atoms with van der Waals surface area (Å²) >= 11 is 0. The highest BCUT2D eigenvalue weighted by molar-refractivity contribution is 5.60. The van der Waals surface area contributed by atoms with Gasteiger partial charge in [-0.05, 0) is 57.3 Å². The van der Waals surface area contributed by atoms with E-state index in [1.54, 1.807) is 6.07 Å². The molecule has 3 rings (SSSR count). The fourth-order valence-electron chi connectivity index (χ4n) is 3.25. The molecule has 0 aliphatic carbocycles. The van der Waals surface area contributed by atoms with Crippen molar-refractivity contribution in [1.29, 1.82) is 0 Å². The van der Waals surface area contributed by atoms with Crippen molar-refractivity contribution in [3.05, 3.63) is 41.3 Å². The van der Waals surface area contributed by atoms with E-state index in [2.05, 4.69) is 22.5 Å². The third kappa shape index (κ3) is 3.90.